The van der Waals surface area contributed by atoms with Gasteiger partial charge in [0.2, 0.25) is 10.0 Å². The highest BCUT2D eigenvalue weighted by molar-refractivity contribution is 7.89. The largest absolute Gasteiger partial charge is 0.363 e. The van der Waals surface area contributed by atoms with E-state index in [1.807, 2.05) is 39.8 Å². The van der Waals surface area contributed by atoms with E-state index < -0.39 is 15.6 Å². The van der Waals surface area contributed by atoms with Gasteiger partial charge in [-0.2, -0.15) is 4.31 Å². The zero-order chi connectivity index (χ0) is 13.6. The molecule has 0 unspecified atom stereocenters. The lowest BCUT2D eigenvalue weighted by atomic mass is 10.1. The quantitative estimate of drug-likeness (QED) is 0.825. The maximum atomic E-state index is 12.7. The van der Waals surface area contributed by atoms with E-state index in [4.69, 9.17) is 4.74 Å². The third kappa shape index (κ3) is 2.18. The highest BCUT2D eigenvalue weighted by Crippen LogP contribution is 2.30. The molecule has 1 aliphatic rings. The topological polar surface area (TPSA) is 46.6 Å². The average molecular weight is 269 g/mol. The molecule has 1 saturated heterocycles. The van der Waals surface area contributed by atoms with Gasteiger partial charge in [0, 0.05) is 0 Å². The number of rotatable bonds is 2. The number of benzene rings is 1. The monoisotopic (exact) mass is 269 g/mol. The second kappa shape index (κ2) is 4.33. The minimum Gasteiger partial charge on any atom is -0.363 e. The summed E-state index contributed by atoms with van der Waals surface area (Å²) < 4.78 is 32.1. The summed E-state index contributed by atoms with van der Waals surface area (Å²) in [7, 11) is -3.49. The molecular weight excluding hydrogens is 250 g/mol. The number of sulfonamides is 1. The predicted octanol–water partition coefficient (Wildman–Crippen LogP) is 2.06. The van der Waals surface area contributed by atoms with Crippen LogP contribution in [0, 0.1) is 13.8 Å². The van der Waals surface area contributed by atoms with Crippen molar-refractivity contribution in [1.82, 2.24) is 4.31 Å². The van der Waals surface area contributed by atoms with Gasteiger partial charge in [-0.15, -0.1) is 0 Å². The van der Waals surface area contributed by atoms with Gasteiger partial charge in [0.1, 0.15) is 6.73 Å². The van der Waals surface area contributed by atoms with Crippen LogP contribution in [0.15, 0.2) is 23.1 Å². The van der Waals surface area contributed by atoms with Crippen LogP contribution in [0.3, 0.4) is 0 Å². The van der Waals surface area contributed by atoms with Crippen molar-refractivity contribution < 1.29 is 13.2 Å². The molecule has 0 radical (unpaired) electrons. The predicted molar refractivity (Wildman–Crippen MR) is 69.8 cm³/mol. The fraction of sp³-hybridized carbons (Fsp3) is 0.538. The van der Waals surface area contributed by atoms with Crippen LogP contribution in [0.5, 0.6) is 0 Å². The van der Waals surface area contributed by atoms with Crippen LogP contribution in [0.1, 0.15) is 25.0 Å². The SMILES string of the molecule is Cc1ccc(C)c(S(=O)(=O)N2COCC2(C)C)c1. The van der Waals surface area contributed by atoms with Gasteiger partial charge in [-0.25, -0.2) is 8.42 Å². The minimum atomic E-state index is -3.49. The summed E-state index contributed by atoms with van der Waals surface area (Å²) >= 11 is 0. The van der Waals surface area contributed by atoms with Crippen molar-refractivity contribution in [3.8, 4) is 0 Å². The summed E-state index contributed by atoms with van der Waals surface area (Å²) in [5.74, 6) is 0. The van der Waals surface area contributed by atoms with Gasteiger partial charge in [-0.3, -0.25) is 0 Å². The van der Waals surface area contributed by atoms with E-state index in [1.165, 1.54) is 4.31 Å². The van der Waals surface area contributed by atoms with Crippen molar-refractivity contribution in [1.29, 1.82) is 0 Å². The van der Waals surface area contributed by atoms with E-state index in [0.717, 1.165) is 11.1 Å². The average Bonchev–Trinajstić information content (AvgIpc) is 2.62. The molecule has 0 atom stereocenters. The minimum absolute atomic E-state index is 0.128. The zero-order valence-corrected chi connectivity index (χ0v) is 12.0. The Bertz CT molecular complexity index is 564. The lowest BCUT2D eigenvalue weighted by Crippen LogP contribution is -2.44. The molecule has 4 nitrogen and oxygen atoms in total. The molecule has 0 amide bonds. The van der Waals surface area contributed by atoms with Gasteiger partial charge >= 0.3 is 0 Å². The Labute approximate surface area is 109 Å². The van der Waals surface area contributed by atoms with Crippen LogP contribution in [0.2, 0.25) is 0 Å². The second-order valence-corrected chi connectivity index (χ2v) is 7.24. The summed E-state index contributed by atoms with van der Waals surface area (Å²) in [5, 5.41) is 0. The standard InChI is InChI=1S/C13H19NO3S/c1-10-5-6-11(2)12(7-10)18(15,16)14-9-17-8-13(14,3)4/h5-7H,8-9H2,1-4H3. The van der Waals surface area contributed by atoms with Crippen LogP contribution >= 0.6 is 0 Å². The van der Waals surface area contributed by atoms with E-state index in [1.54, 1.807) is 6.07 Å². The van der Waals surface area contributed by atoms with Crippen molar-refractivity contribution in [2.24, 2.45) is 0 Å². The molecule has 1 heterocycles. The highest BCUT2D eigenvalue weighted by atomic mass is 32.2. The van der Waals surface area contributed by atoms with Gasteiger partial charge in [0.15, 0.2) is 0 Å². The van der Waals surface area contributed by atoms with Crippen LogP contribution < -0.4 is 0 Å². The molecule has 1 aromatic carbocycles. The van der Waals surface area contributed by atoms with Crippen molar-refractivity contribution in [3.05, 3.63) is 29.3 Å². The summed E-state index contributed by atoms with van der Waals surface area (Å²) in [6, 6.07) is 5.48. The van der Waals surface area contributed by atoms with E-state index >= 15 is 0 Å². The Morgan fingerprint density at radius 1 is 1.28 bits per heavy atom. The molecule has 0 aromatic heterocycles. The molecule has 1 aliphatic heterocycles. The zero-order valence-electron chi connectivity index (χ0n) is 11.2. The Morgan fingerprint density at radius 3 is 2.50 bits per heavy atom. The molecule has 0 aliphatic carbocycles. The molecule has 0 bridgehead atoms. The van der Waals surface area contributed by atoms with Crippen LogP contribution in [-0.2, 0) is 14.8 Å². The highest BCUT2D eigenvalue weighted by Gasteiger charge is 2.42. The molecule has 0 saturated carbocycles. The molecule has 100 valence electrons. The van der Waals surface area contributed by atoms with Gasteiger partial charge in [0.25, 0.3) is 0 Å². The first-order valence-corrected chi connectivity index (χ1v) is 7.37. The Balaban J connectivity index is 2.52. The molecule has 1 aromatic rings. The number of ether oxygens (including phenoxy) is 1. The van der Waals surface area contributed by atoms with Crippen molar-refractivity contribution >= 4 is 10.0 Å². The van der Waals surface area contributed by atoms with Crippen LogP contribution in [-0.4, -0.2) is 31.6 Å². The van der Waals surface area contributed by atoms with Crippen molar-refractivity contribution in [2.75, 3.05) is 13.3 Å². The Kier molecular flexibility index (Phi) is 3.25. The molecule has 18 heavy (non-hydrogen) atoms. The molecule has 2 rings (SSSR count). The summed E-state index contributed by atoms with van der Waals surface area (Å²) in [5.41, 5.74) is 1.22. The summed E-state index contributed by atoms with van der Waals surface area (Å²) in [4.78, 5) is 0.376. The van der Waals surface area contributed by atoms with Crippen LogP contribution in [0.25, 0.3) is 0 Å². The first-order valence-electron chi connectivity index (χ1n) is 5.93. The smallest absolute Gasteiger partial charge is 0.245 e. The maximum Gasteiger partial charge on any atom is 0.245 e. The van der Waals surface area contributed by atoms with Gasteiger partial charge < -0.3 is 4.74 Å². The van der Waals surface area contributed by atoms with Gasteiger partial charge in [-0.05, 0) is 44.9 Å². The first-order chi connectivity index (χ1) is 8.25. The number of nitrogens with zero attached hydrogens (tertiary/aromatic N) is 1. The Hall–Kier alpha value is -0.910. The lowest BCUT2D eigenvalue weighted by molar-refractivity contribution is 0.171. The third-order valence-corrected chi connectivity index (χ3v) is 5.43. The molecule has 0 spiro atoms. The van der Waals surface area contributed by atoms with E-state index in [0.29, 0.717) is 11.5 Å². The summed E-state index contributed by atoms with van der Waals surface area (Å²) in [6.45, 7) is 8.02. The van der Waals surface area contributed by atoms with Gasteiger partial charge in [-0.1, -0.05) is 12.1 Å². The van der Waals surface area contributed by atoms with E-state index in [9.17, 15) is 8.42 Å². The van der Waals surface area contributed by atoms with E-state index in [2.05, 4.69) is 0 Å². The fourth-order valence-corrected chi connectivity index (χ4v) is 4.09. The number of aryl methyl sites for hydroxylation is 2. The normalized spacial score (nSPS) is 20.2. The van der Waals surface area contributed by atoms with E-state index in [-0.39, 0.29) is 6.73 Å². The second-order valence-electron chi connectivity index (χ2n) is 5.41. The fourth-order valence-electron chi connectivity index (χ4n) is 2.12. The number of hydrogen-bond acceptors (Lipinski definition) is 3. The molecule has 0 N–H and O–H groups in total. The number of hydrogen-bond donors (Lipinski definition) is 0. The van der Waals surface area contributed by atoms with Crippen molar-refractivity contribution in [3.63, 3.8) is 0 Å². The molecular formula is C13H19NO3S. The Morgan fingerprint density at radius 2 is 1.94 bits per heavy atom. The third-order valence-electron chi connectivity index (χ3n) is 3.25. The molecule has 1 fully saturated rings. The van der Waals surface area contributed by atoms with Gasteiger partial charge in [0.05, 0.1) is 17.0 Å². The van der Waals surface area contributed by atoms with Crippen molar-refractivity contribution in [2.45, 2.75) is 38.1 Å². The lowest BCUT2D eigenvalue weighted by Gasteiger charge is -2.28. The van der Waals surface area contributed by atoms with Crippen LogP contribution in [0.4, 0.5) is 0 Å². The maximum absolute atomic E-state index is 12.7. The summed E-state index contributed by atoms with van der Waals surface area (Å²) in [6.07, 6.45) is 0. The first kappa shape index (κ1) is 13.5. The molecule has 5 heteroatoms.